The number of Topliss-reactive ketones (excluding diaryl/α,β-unsaturated/α-hetero) is 1. The number of para-hydroxylation sites is 1. The van der Waals surface area contributed by atoms with Crippen molar-refractivity contribution in [1.82, 2.24) is 9.47 Å². The molecular formula is C23H25N3O2. The molecule has 3 rings (SSSR count). The molecule has 0 atom stereocenters. The first-order valence-electron chi connectivity index (χ1n) is 9.50. The van der Waals surface area contributed by atoms with E-state index < -0.39 is 0 Å². The number of hydrogen-bond donors (Lipinski definition) is 0. The number of likely N-dealkylation sites (N-methyl/N-ethyl adjacent to an activating group) is 1. The molecule has 5 nitrogen and oxygen atoms in total. The summed E-state index contributed by atoms with van der Waals surface area (Å²) in [6.45, 7) is 4.22. The van der Waals surface area contributed by atoms with Gasteiger partial charge in [-0.1, -0.05) is 30.3 Å². The van der Waals surface area contributed by atoms with Crippen LogP contribution in [0.15, 0.2) is 54.7 Å². The van der Waals surface area contributed by atoms with E-state index in [-0.39, 0.29) is 5.78 Å². The summed E-state index contributed by atoms with van der Waals surface area (Å²) in [4.78, 5) is 15.0. The van der Waals surface area contributed by atoms with Gasteiger partial charge in [0.15, 0.2) is 5.78 Å². The molecule has 0 saturated heterocycles. The molecule has 0 radical (unpaired) electrons. The summed E-state index contributed by atoms with van der Waals surface area (Å²) in [5.74, 6) is 0.940. The number of fused-ring (bicyclic) bond motifs is 1. The first-order valence-corrected chi connectivity index (χ1v) is 9.50. The van der Waals surface area contributed by atoms with Gasteiger partial charge in [-0.15, -0.1) is 0 Å². The van der Waals surface area contributed by atoms with Gasteiger partial charge in [-0.05, 0) is 37.7 Å². The molecule has 1 aromatic heterocycles. The van der Waals surface area contributed by atoms with Crippen molar-refractivity contribution in [2.45, 2.75) is 26.4 Å². The third-order valence-corrected chi connectivity index (χ3v) is 4.65. The van der Waals surface area contributed by atoms with Crippen molar-refractivity contribution in [1.29, 1.82) is 5.26 Å². The Kier molecular flexibility index (Phi) is 6.46. The van der Waals surface area contributed by atoms with Crippen LogP contribution in [-0.4, -0.2) is 35.4 Å². The number of aromatic nitrogens is 1. The molecule has 0 fully saturated rings. The number of ketones is 1. The molecule has 0 aliphatic heterocycles. The highest BCUT2D eigenvalue weighted by Crippen LogP contribution is 2.22. The highest BCUT2D eigenvalue weighted by atomic mass is 16.5. The van der Waals surface area contributed by atoms with Crippen LogP contribution in [-0.2, 0) is 13.1 Å². The van der Waals surface area contributed by atoms with E-state index in [1.165, 1.54) is 0 Å². The topological polar surface area (TPSA) is 58.3 Å². The van der Waals surface area contributed by atoms with Gasteiger partial charge in [-0.25, -0.2) is 0 Å². The minimum atomic E-state index is 0.0837. The Balaban J connectivity index is 1.71. The summed E-state index contributed by atoms with van der Waals surface area (Å²) in [6, 6.07) is 18.0. The van der Waals surface area contributed by atoms with Crippen molar-refractivity contribution in [3.63, 3.8) is 0 Å². The molecule has 0 bridgehead atoms. The number of hydrogen-bond acceptors (Lipinski definition) is 4. The number of benzene rings is 2. The first-order chi connectivity index (χ1) is 13.6. The van der Waals surface area contributed by atoms with Crippen LogP contribution in [0.4, 0.5) is 0 Å². The summed E-state index contributed by atoms with van der Waals surface area (Å²) < 4.78 is 7.47. The Morgan fingerprint density at radius 1 is 1.18 bits per heavy atom. The molecule has 0 spiro atoms. The number of ether oxygens (including phenoxy) is 1. The molecule has 0 aliphatic rings. The van der Waals surface area contributed by atoms with E-state index in [2.05, 4.69) is 6.07 Å². The van der Waals surface area contributed by atoms with Crippen molar-refractivity contribution < 1.29 is 9.53 Å². The Morgan fingerprint density at radius 3 is 2.64 bits per heavy atom. The molecule has 0 saturated carbocycles. The molecule has 2 aromatic carbocycles. The fourth-order valence-electron chi connectivity index (χ4n) is 3.38. The first kappa shape index (κ1) is 19.7. The second-order valence-corrected chi connectivity index (χ2v) is 6.83. The molecule has 0 aliphatic carbocycles. The number of carbonyl (C=O) groups excluding carboxylic acids is 1. The van der Waals surface area contributed by atoms with Crippen LogP contribution < -0.4 is 4.74 Å². The zero-order valence-electron chi connectivity index (χ0n) is 16.4. The number of nitrogens with zero attached hydrogens (tertiary/aromatic N) is 3. The van der Waals surface area contributed by atoms with Crippen LogP contribution in [0, 0.1) is 11.3 Å². The lowest BCUT2D eigenvalue weighted by atomic mass is 10.1. The standard InChI is InChI=1S/C23H25N3O2/c1-3-28-19-11-9-18(10-12-19)15-25(2)17-23(27)21-16-26(14-6-13-24)22-8-5-4-7-20(21)22/h4-5,7-12,16H,3,6,14-15,17H2,1-2H3. The zero-order chi connectivity index (χ0) is 19.9. The molecule has 0 unspecified atom stereocenters. The zero-order valence-corrected chi connectivity index (χ0v) is 16.4. The molecule has 5 heteroatoms. The summed E-state index contributed by atoms with van der Waals surface area (Å²) >= 11 is 0. The van der Waals surface area contributed by atoms with E-state index in [9.17, 15) is 4.79 Å². The number of carbonyl (C=O) groups is 1. The van der Waals surface area contributed by atoms with Gasteiger partial charge in [-0.2, -0.15) is 5.26 Å². The SMILES string of the molecule is CCOc1ccc(CN(C)CC(=O)c2cn(CCC#N)c3ccccc23)cc1. The van der Waals surface area contributed by atoms with Gasteiger partial charge in [0.05, 0.1) is 25.6 Å². The van der Waals surface area contributed by atoms with E-state index in [1.54, 1.807) is 0 Å². The van der Waals surface area contributed by atoms with E-state index in [0.29, 0.717) is 38.2 Å². The fraction of sp³-hybridized carbons (Fsp3) is 0.304. The Bertz CT molecular complexity index is 983. The van der Waals surface area contributed by atoms with Crippen LogP contribution in [0.1, 0.15) is 29.3 Å². The van der Waals surface area contributed by atoms with Gasteiger partial charge in [0, 0.05) is 35.8 Å². The van der Waals surface area contributed by atoms with Gasteiger partial charge in [0.2, 0.25) is 0 Å². The van der Waals surface area contributed by atoms with Crippen LogP contribution in [0.25, 0.3) is 10.9 Å². The number of rotatable bonds is 9. The normalized spacial score (nSPS) is 10.9. The van der Waals surface area contributed by atoms with Gasteiger partial charge in [0.25, 0.3) is 0 Å². The van der Waals surface area contributed by atoms with Crippen LogP contribution in [0.2, 0.25) is 0 Å². The summed E-state index contributed by atoms with van der Waals surface area (Å²) in [5.41, 5.74) is 2.84. The highest BCUT2D eigenvalue weighted by molar-refractivity contribution is 6.09. The monoisotopic (exact) mass is 375 g/mol. The van der Waals surface area contributed by atoms with Crippen LogP contribution in [0.3, 0.4) is 0 Å². The highest BCUT2D eigenvalue weighted by Gasteiger charge is 2.16. The minimum Gasteiger partial charge on any atom is -0.494 e. The maximum atomic E-state index is 12.9. The summed E-state index contributed by atoms with van der Waals surface area (Å²) in [7, 11) is 1.95. The predicted octanol–water partition coefficient (Wildman–Crippen LogP) is 4.27. The van der Waals surface area contributed by atoms with Crippen molar-refractivity contribution in [2.75, 3.05) is 20.2 Å². The van der Waals surface area contributed by atoms with E-state index in [1.807, 2.05) is 78.2 Å². The van der Waals surface area contributed by atoms with Crippen molar-refractivity contribution in [2.24, 2.45) is 0 Å². The molecule has 1 heterocycles. The molecule has 3 aromatic rings. The third kappa shape index (κ3) is 4.59. The summed E-state index contributed by atoms with van der Waals surface area (Å²) in [5, 5.41) is 9.82. The molecule has 28 heavy (non-hydrogen) atoms. The van der Waals surface area contributed by atoms with Crippen LogP contribution >= 0.6 is 0 Å². The predicted molar refractivity (Wildman–Crippen MR) is 110 cm³/mol. The summed E-state index contributed by atoms with van der Waals surface area (Å²) in [6.07, 6.45) is 2.30. The fourth-order valence-corrected chi connectivity index (χ4v) is 3.38. The molecular weight excluding hydrogens is 350 g/mol. The molecule has 0 amide bonds. The van der Waals surface area contributed by atoms with Gasteiger partial charge < -0.3 is 9.30 Å². The van der Waals surface area contributed by atoms with Gasteiger partial charge >= 0.3 is 0 Å². The molecule has 0 N–H and O–H groups in total. The van der Waals surface area contributed by atoms with E-state index >= 15 is 0 Å². The van der Waals surface area contributed by atoms with Crippen LogP contribution in [0.5, 0.6) is 5.75 Å². The Hall–Kier alpha value is -3.10. The van der Waals surface area contributed by atoms with Crippen molar-refractivity contribution in [3.05, 3.63) is 65.9 Å². The lowest BCUT2D eigenvalue weighted by Crippen LogP contribution is -2.25. The average Bonchev–Trinajstić information content (AvgIpc) is 3.07. The van der Waals surface area contributed by atoms with E-state index in [0.717, 1.165) is 22.2 Å². The third-order valence-electron chi connectivity index (χ3n) is 4.65. The quantitative estimate of drug-likeness (QED) is 0.524. The maximum absolute atomic E-state index is 12.9. The van der Waals surface area contributed by atoms with Crippen molar-refractivity contribution >= 4 is 16.7 Å². The lowest BCUT2D eigenvalue weighted by Gasteiger charge is -2.16. The minimum absolute atomic E-state index is 0.0837. The largest absolute Gasteiger partial charge is 0.494 e. The Labute approximate surface area is 165 Å². The van der Waals surface area contributed by atoms with E-state index in [4.69, 9.17) is 10.00 Å². The maximum Gasteiger partial charge on any atom is 0.178 e. The molecule has 144 valence electrons. The number of nitriles is 1. The second-order valence-electron chi connectivity index (χ2n) is 6.83. The van der Waals surface area contributed by atoms with Crippen molar-refractivity contribution in [3.8, 4) is 11.8 Å². The van der Waals surface area contributed by atoms with Gasteiger partial charge in [-0.3, -0.25) is 9.69 Å². The lowest BCUT2D eigenvalue weighted by molar-refractivity contribution is 0.0944. The smallest absolute Gasteiger partial charge is 0.178 e. The Morgan fingerprint density at radius 2 is 1.93 bits per heavy atom. The second kappa shape index (κ2) is 9.20. The number of aryl methyl sites for hydroxylation is 1. The van der Waals surface area contributed by atoms with Gasteiger partial charge in [0.1, 0.15) is 5.75 Å². The average molecular weight is 375 g/mol.